The van der Waals surface area contributed by atoms with Crippen LogP contribution < -0.4 is 0 Å². The Bertz CT molecular complexity index is 1430. The molecule has 0 spiro atoms. The normalized spacial score (nSPS) is 42.6. The number of aliphatic hydroxyl groups is 7. The minimum absolute atomic E-state index is 0.00103. The van der Waals surface area contributed by atoms with Gasteiger partial charge in [0.25, 0.3) is 0 Å². The standard InChI is InChI=1S/C42H68O12/c1-21(2)13-11-15-29(43)24(6)31-38(49)41(10)19-12-14-28(41)25(7)42(31,50)20-18-23(5)30(17-16-22(3)4)53-39-36(48)34(46)37(27(9)52-39)54-40-35(47)33(45)32(44)26(8)51-40/h13,16,18,25-28,30-37,39-40,43-48,50H,11-12,14-15,17,19-20H2,1-10H3. The molecule has 2 heterocycles. The average Bonchev–Trinajstić information content (AvgIpc) is 3.52. The molecule has 2 aliphatic heterocycles. The molecule has 2 saturated carbocycles. The number of ether oxygens (including phenoxy) is 4. The van der Waals surface area contributed by atoms with Crippen molar-refractivity contribution in [2.75, 3.05) is 0 Å². The number of rotatable bonds is 13. The summed E-state index contributed by atoms with van der Waals surface area (Å²) in [7, 11) is 0. The predicted octanol–water partition coefficient (Wildman–Crippen LogP) is 4.69. The Morgan fingerprint density at radius 3 is 2.09 bits per heavy atom. The second-order valence-corrected chi connectivity index (χ2v) is 17.2. The Morgan fingerprint density at radius 1 is 0.852 bits per heavy atom. The van der Waals surface area contributed by atoms with Gasteiger partial charge in [-0.15, -0.1) is 0 Å². The molecule has 0 amide bonds. The van der Waals surface area contributed by atoms with Crippen molar-refractivity contribution in [3.8, 4) is 0 Å². The highest BCUT2D eigenvalue weighted by Gasteiger charge is 2.63. The first kappa shape index (κ1) is 44.7. The summed E-state index contributed by atoms with van der Waals surface area (Å²) in [6.07, 6.45) is -3.86. The monoisotopic (exact) mass is 764 g/mol. The van der Waals surface area contributed by atoms with E-state index in [1.54, 1.807) is 13.8 Å². The van der Waals surface area contributed by atoms with Gasteiger partial charge in [0.15, 0.2) is 12.6 Å². The van der Waals surface area contributed by atoms with Gasteiger partial charge in [-0.05, 0) is 110 Å². The molecule has 4 aliphatic rings. The summed E-state index contributed by atoms with van der Waals surface area (Å²) < 4.78 is 23.8. The van der Waals surface area contributed by atoms with Gasteiger partial charge in [-0.25, -0.2) is 0 Å². The molecule has 2 saturated heterocycles. The largest absolute Gasteiger partial charge is 0.512 e. The van der Waals surface area contributed by atoms with E-state index in [9.17, 15) is 40.5 Å². The molecular formula is C42H68O12. The van der Waals surface area contributed by atoms with E-state index in [0.717, 1.165) is 36.0 Å². The van der Waals surface area contributed by atoms with E-state index in [0.29, 0.717) is 24.8 Å². The summed E-state index contributed by atoms with van der Waals surface area (Å²) in [5, 5.41) is 77.2. The van der Waals surface area contributed by atoms with Gasteiger partial charge in [0.05, 0.1) is 35.6 Å². The number of aliphatic hydroxyl groups excluding tert-OH is 6. The van der Waals surface area contributed by atoms with Crippen molar-refractivity contribution in [1.82, 2.24) is 0 Å². The fourth-order valence-electron chi connectivity index (χ4n) is 9.10. The topological polar surface area (TPSA) is 196 Å². The molecule has 308 valence electrons. The molecule has 0 bridgehead atoms. The number of carbonyl (C=O) groups excluding carboxylic acids is 1. The van der Waals surface area contributed by atoms with Crippen LogP contribution >= 0.6 is 0 Å². The molecule has 16 atom stereocenters. The number of carbonyl (C=O) groups is 1. The number of hydrogen-bond acceptors (Lipinski definition) is 12. The molecule has 12 heteroatoms. The number of allylic oxidation sites excluding steroid dienone is 4. The van der Waals surface area contributed by atoms with Gasteiger partial charge in [0.1, 0.15) is 42.4 Å². The van der Waals surface area contributed by atoms with Crippen LogP contribution in [-0.4, -0.2) is 115 Å². The molecule has 16 unspecified atom stereocenters. The van der Waals surface area contributed by atoms with Crippen LogP contribution in [0.25, 0.3) is 0 Å². The van der Waals surface area contributed by atoms with Crippen molar-refractivity contribution in [3.05, 3.63) is 46.3 Å². The second kappa shape index (κ2) is 18.1. The van der Waals surface area contributed by atoms with Crippen LogP contribution in [-0.2, 0) is 23.7 Å². The van der Waals surface area contributed by atoms with Gasteiger partial charge in [-0.3, -0.25) is 4.79 Å². The molecule has 2 aliphatic carbocycles. The second-order valence-electron chi connectivity index (χ2n) is 17.2. The quantitative estimate of drug-likeness (QED) is 0.101. The summed E-state index contributed by atoms with van der Waals surface area (Å²) in [5.74, 6) is -1.03. The molecule has 0 aromatic carbocycles. The first-order valence-corrected chi connectivity index (χ1v) is 19.8. The number of fused-ring (bicyclic) bond motifs is 1. The van der Waals surface area contributed by atoms with Gasteiger partial charge >= 0.3 is 0 Å². The number of ketones is 1. The van der Waals surface area contributed by atoms with Crippen LogP contribution in [0.15, 0.2) is 46.3 Å². The molecule has 7 N–H and O–H groups in total. The van der Waals surface area contributed by atoms with Crippen LogP contribution in [0.3, 0.4) is 0 Å². The fraction of sp³-hybridized carbons (Fsp3) is 0.786. The van der Waals surface area contributed by atoms with Crippen molar-refractivity contribution in [3.63, 3.8) is 0 Å². The van der Waals surface area contributed by atoms with Crippen LogP contribution in [0, 0.1) is 23.2 Å². The van der Waals surface area contributed by atoms with E-state index >= 15 is 0 Å². The van der Waals surface area contributed by atoms with Gasteiger partial charge < -0.3 is 54.7 Å². The van der Waals surface area contributed by atoms with Gasteiger partial charge in [-0.2, -0.15) is 0 Å². The molecule has 0 radical (unpaired) electrons. The summed E-state index contributed by atoms with van der Waals surface area (Å²) in [5.41, 5.74) is 1.35. The maximum absolute atomic E-state index is 14.5. The zero-order valence-electron chi connectivity index (χ0n) is 33.9. The highest BCUT2D eigenvalue weighted by Crippen LogP contribution is 2.59. The van der Waals surface area contributed by atoms with E-state index < -0.39 is 84.4 Å². The van der Waals surface area contributed by atoms with E-state index in [4.69, 9.17) is 18.9 Å². The Balaban J connectivity index is 1.59. The smallest absolute Gasteiger partial charge is 0.187 e. The lowest BCUT2D eigenvalue weighted by atomic mass is 9.52. The average molecular weight is 765 g/mol. The fourth-order valence-corrected chi connectivity index (χ4v) is 9.10. The third kappa shape index (κ3) is 9.25. The summed E-state index contributed by atoms with van der Waals surface area (Å²) in [6, 6.07) is 0. The molecule has 0 aromatic heterocycles. The van der Waals surface area contributed by atoms with Crippen molar-refractivity contribution < 1.29 is 59.5 Å². The molecular weight excluding hydrogens is 696 g/mol. The highest BCUT2D eigenvalue weighted by molar-refractivity contribution is 5.92. The van der Waals surface area contributed by atoms with E-state index in [-0.39, 0.29) is 29.8 Å². The lowest BCUT2D eigenvalue weighted by Crippen LogP contribution is -2.63. The lowest BCUT2D eigenvalue weighted by Gasteiger charge is -2.53. The van der Waals surface area contributed by atoms with Crippen LogP contribution in [0.5, 0.6) is 0 Å². The first-order chi connectivity index (χ1) is 25.1. The van der Waals surface area contributed by atoms with Crippen LogP contribution in [0.4, 0.5) is 0 Å². The van der Waals surface area contributed by atoms with E-state index in [1.165, 1.54) is 6.92 Å². The minimum atomic E-state index is -1.60. The summed E-state index contributed by atoms with van der Waals surface area (Å²) in [4.78, 5) is 14.5. The summed E-state index contributed by atoms with van der Waals surface area (Å²) in [6.45, 7) is 18.7. The zero-order valence-corrected chi connectivity index (χ0v) is 33.9. The minimum Gasteiger partial charge on any atom is -0.512 e. The van der Waals surface area contributed by atoms with Gasteiger partial charge in [0.2, 0.25) is 0 Å². The maximum Gasteiger partial charge on any atom is 0.187 e. The Kier molecular flexibility index (Phi) is 15.0. The zero-order chi connectivity index (χ0) is 40.4. The van der Waals surface area contributed by atoms with Crippen molar-refractivity contribution in [2.45, 2.75) is 187 Å². The molecule has 4 rings (SSSR count). The summed E-state index contributed by atoms with van der Waals surface area (Å²) >= 11 is 0. The van der Waals surface area contributed by atoms with E-state index in [1.807, 2.05) is 66.7 Å². The first-order valence-electron chi connectivity index (χ1n) is 19.8. The molecule has 4 fully saturated rings. The maximum atomic E-state index is 14.5. The highest BCUT2D eigenvalue weighted by atomic mass is 16.7. The predicted molar refractivity (Wildman–Crippen MR) is 203 cm³/mol. The lowest BCUT2D eigenvalue weighted by molar-refractivity contribution is -0.354. The van der Waals surface area contributed by atoms with Gasteiger partial charge in [-0.1, -0.05) is 49.6 Å². The van der Waals surface area contributed by atoms with Crippen molar-refractivity contribution in [2.24, 2.45) is 23.2 Å². The number of Topliss-reactive ketones (excluding diaryl/α,β-unsaturated/α-hetero) is 1. The molecule has 12 nitrogen and oxygen atoms in total. The van der Waals surface area contributed by atoms with Gasteiger partial charge in [0, 0.05) is 11.8 Å². The molecule has 0 aromatic rings. The van der Waals surface area contributed by atoms with E-state index in [2.05, 4.69) is 0 Å². The Labute approximate surface area is 321 Å². The van der Waals surface area contributed by atoms with Crippen molar-refractivity contribution in [1.29, 1.82) is 0 Å². The van der Waals surface area contributed by atoms with Crippen LogP contribution in [0.1, 0.15) is 114 Å². The Hall–Kier alpha value is -1.97. The molecule has 54 heavy (non-hydrogen) atoms. The SMILES string of the molecule is CC(C)=CCCC(O)=C(C)C1C(=O)C2(C)CCCC2C(C)C1(O)CC=C(C)C(CC=C(C)C)OC1OC(C)C(OC2OC(C)C(O)C(O)C2O)C(O)C1O. The number of hydrogen-bond donors (Lipinski definition) is 7. The third-order valence-corrected chi connectivity index (χ3v) is 12.7. The van der Waals surface area contributed by atoms with Crippen molar-refractivity contribution >= 4 is 5.78 Å². The third-order valence-electron chi connectivity index (χ3n) is 12.7. The Morgan fingerprint density at radius 2 is 1.46 bits per heavy atom. The van der Waals surface area contributed by atoms with Crippen LogP contribution in [0.2, 0.25) is 0 Å².